The number of amides is 1. The molecular weight excluding hydrogens is 494 g/mol. The molecule has 1 saturated carbocycles. The molecule has 3 rings (SSSR count). The summed E-state index contributed by atoms with van der Waals surface area (Å²) in [5.74, 6) is 0.555. The number of unbranched alkanes of at least 4 members (excludes halogenated alkanes) is 1. The van der Waals surface area contributed by atoms with E-state index in [1.54, 1.807) is 11.8 Å². The standard InChI is InChI=1S/C32H45NO6/c1-2-37-30(31(34)35)25-28-16-18-29(19-17-28)38-24-22-33(21-10-9-15-26-11-5-3-6-12-26)32(36)39-23-20-27-13-7-4-8-14-27/h4,7-8,13-14,16-19,26,30H,2-3,5-6,9-12,15,20-25H2,1H3,(H,34,35). The van der Waals surface area contributed by atoms with E-state index in [2.05, 4.69) is 0 Å². The summed E-state index contributed by atoms with van der Waals surface area (Å²) in [5, 5.41) is 9.30. The van der Waals surface area contributed by atoms with E-state index >= 15 is 0 Å². The molecule has 2 aromatic rings. The van der Waals surface area contributed by atoms with Crippen molar-refractivity contribution in [2.75, 3.05) is 32.9 Å². The van der Waals surface area contributed by atoms with E-state index in [0.717, 1.165) is 29.9 Å². The number of hydrogen-bond donors (Lipinski definition) is 1. The Balaban J connectivity index is 1.46. The van der Waals surface area contributed by atoms with E-state index in [1.807, 2.05) is 54.6 Å². The number of rotatable bonds is 17. The molecule has 0 aromatic heterocycles. The zero-order valence-electron chi connectivity index (χ0n) is 23.4. The minimum atomic E-state index is -0.966. The van der Waals surface area contributed by atoms with Crippen LogP contribution in [0.2, 0.25) is 0 Å². The lowest BCUT2D eigenvalue weighted by molar-refractivity contribution is -0.149. The largest absolute Gasteiger partial charge is 0.492 e. The van der Waals surface area contributed by atoms with E-state index in [9.17, 15) is 14.7 Å². The Kier molecular flexibility index (Phi) is 13.7. The van der Waals surface area contributed by atoms with Crippen molar-refractivity contribution in [1.82, 2.24) is 4.90 Å². The van der Waals surface area contributed by atoms with Crippen molar-refractivity contribution >= 4 is 12.1 Å². The first-order valence-corrected chi connectivity index (χ1v) is 14.6. The summed E-state index contributed by atoms with van der Waals surface area (Å²) in [6, 6.07) is 17.4. The van der Waals surface area contributed by atoms with Crippen LogP contribution in [0.25, 0.3) is 0 Å². The Morgan fingerprint density at radius 1 is 0.923 bits per heavy atom. The third-order valence-corrected chi connectivity index (χ3v) is 7.35. The molecule has 7 nitrogen and oxygen atoms in total. The maximum Gasteiger partial charge on any atom is 0.409 e. The van der Waals surface area contributed by atoms with Crippen LogP contribution in [0.1, 0.15) is 69.4 Å². The molecule has 1 aliphatic rings. The fourth-order valence-electron chi connectivity index (χ4n) is 5.13. The lowest BCUT2D eigenvalue weighted by Crippen LogP contribution is -2.36. The number of aliphatic carboxylic acids is 1. The molecule has 39 heavy (non-hydrogen) atoms. The third kappa shape index (κ3) is 11.7. The highest BCUT2D eigenvalue weighted by Gasteiger charge is 2.19. The van der Waals surface area contributed by atoms with Gasteiger partial charge in [-0.2, -0.15) is 0 Å². The summed E-state index contributed by atoms with van der Waals surface area (Å²) in [5.41, 5.74) is 2.01. The molecule has 1 unspecified atom stereocenters. The fraction of sp³-hybridized carbons (Fsp3) is 0.562. The van der Waals surface area contributed by atoms with Gasteiger partial charge in [0.25, 0.3) is 0 Å². The van der Waals surface area contributed by atoms with Gasteiger partial charge in [0, 0.05) is 26.0 Å². The zero-order chi connectivity index (χ0) is 27.7. The summed E-state index contributed by atoms with van der Waals surface area (Å²) in [4.78, 5) is 26.0. The summed E-state index contributed by atoms with van der Waals surface area (Å²) < 4.78 is 16.8. The van der Waals surface area contributed by atoms with Gasteiger partial charge < -0.3 is 24.2 Å². The first-order chi connectivity index (χ1) is 19.0. The normalized spacial score (nSPS) is 14.5. The fourth-order valence-corrected chi connectivity index (χ4v) is 5.13. The molecule has 2 aromatic carbocycles. The first kappa shape index (κ1) is 30.5. The van der Waals surface area contributed by atoms with E-state index in [0.29, 0.717) is 51.5 Å². The van der Waals surface area contributed by atoms with Crippen LogP contribution in [0.3, 0.4) is 0 Å². The number of hydrogen-bond acceptors (Lipinski definition) is 5. The molecule has 7 heteroatoms. The SMILES string of the molecule is CCOC(Cc1ccc(OCCN(CCCCC2CCCCC2)C(=O)OCCc2ccccc2)cc1)C(=O)O. The van der Waals surface area contributed by atoms with Crippen LogP contribution >= 0.6 is 0 Å². The van der Waals surface area contributed by atoms with Crippen molar-refractivity contribution in [2.45, 2.75) is 77.2 Å². The summed E-state index contributed by atoms with van der Waals surface area (Å²) >= 11 is 0. The number of ether oxygens (including phenoxy) is 3. The van der Waals surface area contributed by atoms with Gasteiger partial charge in [-0.3, -0.25) is 0 Å². The number of carbonyl (C=O) groups is 2. The van der Waals surface area contributed by atoms with Crippen LogP contribution in [0.4, 0.5) is 4.79 Å². The number of nitrogens with zero attached hydrogens (tertiary/aromatic N) is 1. The molecule has 0 aliphatic heterocycles. The minimum absolute atomic E-state index is 0.293. The number of carboxylic acids is 1. The van der Waals surface area contributed by atoms with Gasteiger partial charge in [-0.05, 0) is 42.5 Å². The van der Waals surface area contributed by atoms with E-state index in [-0.39, 0.29) is 6.09 Å². The molecule has 0 heterocycles. The van der Waals surface area contributed by atoms with Gasteiger partial charge in [0.2, 0.25) is 0 Å². The average Bonchev–Trinajstić information content (AvgIpc) is 2.96. The van der Waals surface area contributed by atoms with Crippen LogP contribution < -0.4 is 4.74 Å². The molecule has 1 N–H and O–H groups in total. The van der Waals surface area contributed by atoms with Crippen LogP contribution in [-0.4, -0.2) is 61.1 Å². The van der Waals surface area contributed by atoms with Crippen molar-refractivity contribution in [1.29, 1.82) is 0 Å². The van der Waals surface area contributed by atoms with Crippen molar-refractivity contribution in [2.24, 2.45) is 5.92 Å². The van der Waals surface area contributed by atoms with Crippen LogP contribution in [-0.2, 0) is 27.1 Å². The van der Waals surface area contributed by atoms with Gasteiger partial charge in [-0.15, -0.1) is 0 Å². The quantitative estimate of drug-likeness (QED) is 0.230. The maximum absolute atomic E-state index is 12.9. The lowest BCUT2D eigenvalue weighted by Gasteiger charge is -2.24. The molecule has 0 bridgehead atoms. The predicted octanol–water partition coefficient (Wildman–Crippen LogP) is 6.53. The molecule has 0 saturated heterocycles. The zero-order valence-corrected chi connectivity index (χ0v) is 23.4. The third-order valence-electron chi connectivity index (χ3n) is 7.35. The topological polar surface area (TPSA) is 85.3 Å². The molecule has 1 amide bonds. The van der Waals surface area contributed by atoms with Crippen LogP contribution in [0.15, 0.2) is 54.6 Å². The van der Waals surface area contributed by atoms with Gasteiger partial charge in [-0.25, -0.2) is 9.59 Å². The Morgan fingerprint density at radius 3 is 2.36 bits per heavy atom. The van der Waals surface area contributed by atoms with Gasteiger partial charge in [0.1, 0.15) is 12.4 Å². The van der Waals surface area contributed by atoms with Gasteiger partial charge in [-0.1, -0.05) is 87.4 Å². The van der Waals surface area contributed by atoms with Gasteiger partial charge in [0.05, 0.1) is 13.2 Å². The molecule has 0 radical (unpaired) electrons. The second-order valence-corrected chi connectivity index (χ2v) is 10.3. The highest BCUT2D eigenvalue weighted by molar-refractivity contribution is 5.72. The highest BCUT2D eigenvalue weighted by Crippen LogP contribution is 2.27. The Bertz CT molecular complexity index is 958. The Labute approximate surface area is 233 Å². The Hall–Kier alpha value is -3.06. The van der Waals surface area contributed by atoms with E-state index < -0.39 is 12.1 Å². The maximum atomic E-state index is 12.9. The van der Waals surface area contributed by atoms with Gasteiger partial charge in [0.15, 0.2) is 6.10 Å². The van der Waals surface area contributed by atoms with Crippen LogP contribution in [0.5, 0.6) is 5.75 Å². The first-order valence-electron chi connectivity index (χ1n) is 14.6. The average molecular weight is 540 g/mol. The van der Waals surface area contributed by atoms with Crippen LogP contribution in [0, 0.1) is 5.92 Å². The van der Waals surface area contributed by atoms with E-state index in [4.69, 9.17) is 14.2 Å². The van der Waals surface area contributed by atoms with Crippen molar-refractivity contribution < 1.29 is 28.9 Å². The highest BCUT2D eigenvalue weighted by atomic mass is 16.6. The number of carbonyl (C=O) groups excluding carboxylic acids is 1. The van der Waals surface area contributed by atoms with Gasteiger partial charge >= 0.3 is 12.1 Å². The van der Waals surface area contributed by atoms with Crippen molar-refractivity contribution in [3.8, 4) is 5.75 Å². The molecule has 214 valence electrons. The molecule has 0 spiro atoms. The molecule has 1 atom stereocenters. The monoisotopic (exact) mass is 539 g/mol. The number of benzene rings is 2. The number of carboxylic acid groups (broad SMARTS) is 1. The summed E-state index contributed by atoms with van der Waals surface area (Å²) in [6.45, 7) is 3.94. The minimum Gasteiger partial charge on any atom is -0.492 e. The smallest absolute Gasteiger partial charge is 0.409 e. The molecular formula is C32H45NO6. The van der Waals surface area contributed by atoms with E-state index in [1.165, 1.54) is 38.5 Å². The summed E-state index contributed by atoms with van der Waals surface area (Å²) in [7, 11) is 0. The lowest BCUT2D eigenvalue weighted by atomic mass is 9.86. The predicted molar refractivity (Wildman–Crippen MR) is 152 cm³/mol. The second-order valence-electron chi connectivity index (χ2n) is 10.3. The summed E-state index contributed by atoms with van der Waals surface area (Å²) in [6.07, 6.45) is 9.95. The van der Waals surface area contributed by atoms with Crippen molar-refractivity contribution in [3.63, 3.8) is 0 Å². The second kappa shape index (κ2) is 17.5. The van der Waals surface area contributed by atoms with Crippen molar-refractivity contribution in [3.05, 3.63) is 65.7 Å². The molecule has 1 fully saturated rings. The Morgan fingerprint density at radius 2 is 1.67 bits per heavy atom. The molecule has 1 aliphatic carbocycles.